The molecule has 18 heavy (non-hydrogen) atoms. The van der Waals surface area contributed by atoms with E-state index in [0.29, 0.717) is 21.7 Å². The lowest BCUT2D eigenvalue weighted by atomic mass is 10.1. The van der Waals surface area contributed by atoms with Crippen molar-refractivity contribution in [3.05, 3.63) is 45.0 Å². The van der Waals surface area contributed by atoms with Gasteiger partial charge >= 0.3 is 0 Å². The largest absolute Gasteiger partial charge is 0.232 e. The highest BCUT2D eigenvalue weighted by molar-refractivity contribution is 9.10. The van der Waals surface area contributed by atoms with Crippen molar-refractivity contribution >= 4 is 31.9 Å². The topological polar surface area (TPSA) is 25.8 Å². The zero-order valence-corrected chi connectivity index (χ0v) is 13.1. The molecular formula is C13H11Br2FN2. The van der Waals surface area contributed by atoms with Gasteiger partial charge in [0.05, 0.1) is 5.69 Å². The summed E-state index contributed by atoms with van der Waals surface area (Å²) in [5, 5.41) is 0. The molecule has 0 aliphatic rings. The lowest BCUT2D eigenvalue weighted by Crippen LogP contribution is -2.00. The molecular weight excluding hydrogens is 363 g/mol. The van der Waals surface area contributed by atoms with E-state index in [1.807, 2.05) is 13.8 Å². The lowest BCUT2D eigenvalue weighted by molar-refractivity contribution is 0.630. The summed E-state index contributed by atoms with van der Waals surface area (Å²) in [4.78, 5) is 8.69. The minimum atomic E-state index is -0.293. The first-order chi connectivity index (χ1) is 8.47. The van der Waals surface area contributed by atoms with E-state index in [0.717, 1.165) is 4.47 Å². The Labute approximate surface area is 122 Å². The molecule has 0 N–H and O–H groups in total. The molecule has 0 spiro atoms. The van der Waals surface area contributed by atoms with E-state index < -0.39 is 0 Å². The first-order valence-corrected chi connectivity index (χ1v) is 7.06. The average Bonchev–Trinajstić information content (AvgIpc) is 2.31. The number of halogens is 3. The minimum absolute atomic E-state index is 0.191. The van der Waals surface area contributed by atoms with Gasteiger partial charge in [0, 0.05) is 16.0 Å². The van der Waals surface area contributed by atoms with Crippen molar-refractivity contribution in [1.82, 2.24) is 9.97 Å². The molecule has 1 aromatic heterocycles. The van der Waals surface area contributed by atoms with Crippen LogP contribution in [0.2, 0.25) is 0 Å². The van der Waals surface area contributed by atoms with Crippen molar-refractivity contribution < 1.29 is 4.39 Å². The molecule has 0 amide bonds. The molecule has 1 heterocycles. The maximum atomic E-state index is 13.8. The molecule has 2 aromatic rings. The van der Waals surface area contributed by atoms with Crippen LogP contribution in [0.15, 0.2) is 33.3 Å². The Bertz CT molecular complexity index is 585. The molecule has 2 nitrogen and oxygen atoms in total. The van der Waals surface area contributed by atoms with Gasteiger partial charge in [0.25, 0.3) is 0 Å². The Hall–Kier alpha value is -0.810. The third-order valence-corrected chi connectivity index (χ3v) is 3.33. The summed E-state index contributed by atoms with van der Waals surface area (Å²) in [6.45, 7) is 4.01. The van der Waals surface area contributed by atoms with Gasteiger partial charge in [-0.15, -0.1) is 0 Å². The number of aromatic nitrogens is 2. The second kappa shape index (κ2) is 5.45. The standard InChI is InChI=1S/C13H11Br2FN2/c1-7(2)13-17-11(6-12(15)18-13)9-5-8(14)3-4-10(9)16/h3-7H,1-2H3. The molecule has 0 bridgehead atoms. The van der Waals surface area contributed by atoms with Gasteiger partial charge in [-0.05, 0) is 40.2 Å². The molecule has 0 radical (unpaired) electrons. The van der Waals surface area contributed by atoms with Crippen LogP contribution >= 0.6 is 31.9 Å². The average molecular weight is 374 g/mol. The van der Waals surface area contributed by atoms with Crippen molar-refractivity contribution in [2.45, 2.75) is 19.8 Å². The highest BCUT2D eigenvalue weighted by Gasteiger charge is 2.12. The molecule has 2 rings (SSSR count). The van der Waals surface area contributed by atoms with E-state index in [2.05, 4.69) is 41.8 Å². The van der Waals surface area contributed by atoms with Crippen molar-refractivity contribution in [3.63, 3.8) is 0 Å². The van der Waals surface area contributed by atoms with Crippen LogP contribution < -0.4 is 0 Å². The van der Waals surface area contributed by atoms with Crippen molar-refractivity contribution in [2.75, 3.05) is 0 Å². The molecule has 5 heteroatoms. The summed E-state index contributed by atoms with van der Waals surface area (Å²) in [6.07, 6.45) is 0. The Balaban J connectivity index is 2.60. The smallest absolute Gasteiger partial charge is 0.132 e. The van der Waals surface area contributed by atoms with Crippen LogP contribution in [-0.4, -0.2) is 9.97 Å². The summed E-state index contributed by atoms with van der Waals surface area (Å²) < 4.78 is 15.3. The summed E-state index contributed by atoms with van der Waals surface area (Å²) in [6, 6.07) is 6.52. The van der Waals surface area contributed by atoms with Gasteiger partial charge in [-0.1, -0.05) is 29.8 Å². The Morgan fingerprint density at radius 3 is 2.50 bits per heavy atom. The molecule has 0 atom stereocenters. The number of benzene rings is 1. The van der Waals surface area contributed by atoms with Gasteiger partial charge in [-0.2, -0.15) is 0 Å². The van der Waals surface area contributed by atoms with Crippen LogP contribution in [0.25, 0.3) is 11.3 Å². The van der Waals surface area contributed by atoms with Crippen LogP contribution in [0.5, 0.6) is 0 Å². The highest BCUT2D eigenvalue weighted by Crippen LogP contribution is 2.27. The number of rotatable bonds is 2. The Morgan fingerprint density at radius 2 is 1.83 bits per heavy atom. The molecule has 1 aromatic carbocycles. The summed E-state index contributed by atoms with van der Waals surface area (Å²) in [5.74, 6) is 0.591. The van der Waals surface area contributed by atoms with Crippen molar-refractivity contribution in [3.8, 4) is 11.3 Å². The minimum Gasteiger partial charge on any atom is -0.232 e. The quantitative estimate of drug-likeness (QED) is 0.697. The van der Waals surface area contributed by atoms with Gasteiger partial charge in [0.15, 0.2) is 0 Å². The second-order valence-corrected chi connectivity index (χ2v) is 5.94. The van der Waals surface area contributed by atoms with Gasteiger partial charge in [-0.3, -0.25) is 0 Å². The fourth-order valence-electron chi connectivity index (χ4n) is 1.53. The fraction of sp³-hybridized carbons (Fsp3) is 0.231. The van der Waals surface area contributed by atoms with E-state index in [9.17, 15) is 4.39 Å². The van der Waals surface area contributed by atoms with Crippen molar-refractivity contribution in [2.24, 2.45) is 0 Å². The highest BCUT2D eigenvalue weighted by atomic mass is 79.9. The molecule has 0 unspecified atom stereocenters. The van der Waals surface area contributed by atoms with E-state index >= 15 is 0 Å². The van der Waals surface area contributed by atoms with Crippen LogP contribution in [0, 0.1) is 5.82 Å². The van der Waals surface area contributed by atoms with Gasteiger partial charge in [-0.25, -0.2) is 14.4 Å². The van der Waals surface area contributed by atoms with Crippen LogP contribution in [0.4, 0.5) is 4.39 Å². The van der Waals surface area contributed by atoms with Crippen LogP contribution in [0.1, 0.15) is 25.6 Å². The number of hydrogen-bond acceptors (Lipinski definition) is 2. The molecule has 94 valence electrons. The Morgan fingerprint density at radius 1 is 1.11 bits per heavy atom. The van der Waals surface area contributed by atoms with Crippen LogP contribution in [-0.2, 0) is 0 Å². The maximum absolute atomic E-state index is 13.8. The summed E-state index contributed by atoms with van der Waals surface area (Å²) >= 11 is 6.67. The Kier molecular flexibility index (Phi) is 4.12. The first kappa shape index (κ1) is 13.6. The maximum Gasteiger partial charge on any atom is 0.132 e. The molecule has 0 saturated heterocycles. The zero-order chi connectivity index (χ0) is 13.3. The molecule has 0 aliphatic heterocycles. The van der Waals surface area contributed by atoms with Crippen molar-refractivity contribution in [1.29, 1.82) is 0 Å². The normalized spacial score (nSPS) is 11.0. The van der Waals surface area contributed by atoms with Gasteiger partial charge in [0.1, 0.15) is 16.2 Å². The van der Waals surface area contributed by atoms with E-state index in [4.69, 9.17) is 0 Å². The predicted octanol–water partition coefficient (Wildman–Crippen LogP) is 4.93. The monoisotopic (exact) mass is 372 g/mol. The van der Waals surface area contributed by atoms with E-state index in [1.165, 1.54) is 6.07 Å². The fourth-order valence-corrected chi connectivity index (χ4v) is 2.28. The third-order valence-electron chi connectivity index (χ3n) is 2.43. The zero-order valence-electron chi connectivity index (χ0n) is 9.92. The predicted molar refractivity (Wildman–Crippen MR) is 76.9 cm³/mol. The van der Waals surface area contributed by atoms with Gasteiger partial charge < -0.3 is 0 Å². The first-order valence-electron chi connectivity index (χ1n) is 5.47. The molecule has 0 fully saturated rings. The van der Waals surface area contributed by atoms with E-state index in [1.54, 1.807) is 18.2 Å². The summed E-state index contributed by atoms with van der Waals surface area (Å²) in [7, 11) is 0. The van der Waals surface area contributed by atoms with Gasteiger partial charge in [0.2, 0.25) is 0 Å². The number of nitrogens with zero attached hydrogens (tertiary/aromatic N) is 2. The molecule has 0 saturated carbocycles. The third kappa shape index (κ3) is 2.95. The summed E-state index contributed by atoms with van der Waals surface area (Å²) in [5.41, 5.74) is 1.05. The lowest BCUT2D eigenvalue weighted by Gasteiger charge is -2.08. The molecule has 0 aliphatic carbocycles. The second-order valence-electron chi connectivity index (χ2n) is 4.21. The number of hydrogen-bond donors (Lipinski definition) is 0. The van der Waals surface area contributed by atoms with E-state index in [-0.39, 0.29) is 11.7 Å². The van der Waals surface area contributed by atoms with Crippen LogP contribution in [0.3, 0.4) is 0 Å². The SMILES string of the molecule is CC(C)c1nc(Br)cc(-c2cc(Br)ccc2F)n1.